The van der Waals surface area contributed by atoms with Crippen LogP contribution in [-0.2, 0) is 4.74 Å². The minimum absolute atomic E-state index is 0.253. The molecule has 4 atom stereocenters. The Morgan fingerprint density at radius 3 is 2.79 bits per heavy atom. The topological polar surface area (TPSA) is 128 Å². The van der Waals surface area contributed by atoms with Gasteiger partial charge < -0.3 is 20.3 Å². The first-order chi connectivity index (χ1) is 14.0. The van der Waals surface area contributed by atoms with E-state index in [1.54, 1.807) is 41.8 Å². The summed E-state index contributed by atoms with van der Waals surface area (Å²) in [6.45, 7) is -0.850. The van der Waals surface area contributed by atoms with Crippen LogP contribution >= 0.6 is 11.3 Å². The molecule has 1 aromatic carbocycles. The Hall–Kier alpha value is -2.97. The fourth-order valence-electron chi connectivity index (χ4n) is 3.21. The minimum Gasteiger partial charge on any atom is -0.392 e. The summed E-state index contributed by atoms with van der Waals surface area (Å²) >= 11 is 1.17. The summed E-state index contributed by atoms with van der Waals surface area (Å²) in [6, 6.07) is 10.2. The molecule has 148 valence electrons. The first-order valence-electron chi connectivity index (χ1n) is 8.61. The number of carbonyl (C=O) groups is 1. The van der Waals surface area contributed by atoms with Crippen molar-refractivity contribution in [2.75, 3.05) is 11.9 Å². The summed E-state index contributed by atoms with van der Waals surface area (Å²) in [5.41, 5.74) is -0.959. The highest BCUT2D eigenvalue weighted by Crippen LogP contribution is 2.45. The number of aromatic nitrogens is 2. The summed E-state index contributed by atoms with van der Waals surface area (Å²) in [5, 5.41) is 33.1. The van der Waals surface area contributed by atoms with E-state index in [1.807, 2.05) is 0 Å². The molecule has 1 amide bonds. The van der Waals surface area contributed by atoms with E-state index in [2.05, 4.69) is 15.3 Å². The standard InChI is InChI=1S/C19H15FN4O4S/c20-12-14(28-19(7-21,8-25)16(12)26)11-6-29-15-13(11)22-9-23-17(15)24-18(27)10-4-2-1-3-5-10/h1-6,9,12,14,16,25-26H,8H2,(H,22,23,24,27)/t12-,14-,16-,19+/m0/s1. The molecule has 4 rings (SSSR count). The Kier molecular flexibility index (Phi) is 4.97. The number of aliphatic hydroxyl groups is 2. The lowest BCUT2D eigenvalue weighted by atomic mass is 9.96. The smallest absolute Gasteiger partial charge is 0.256 e. The third-order valence-corrected chi connectivity index (χ3v) is 5.78. The maximum absolute atomic E-state index is 14.7. The molecule has 0 aliphatic carbocycles. The predicted octanol–water partition coefficient (Wildman–Crippen LogP) is 1.97. The number of halogens is 1. The lowest BCUT2D eigenvalue weighted by Crippen LogP contribution is -2.44. The number of nitrogens with zero attached hydrogens (tertiary/aromatic N) is 3. The highest BCUT2D eigenvalue weighted by molar-refractivity contribution is 7.18. The number of rotatable bonds is 4. The molecule has 0 unspecified atom stereocenters. The molecule has 1 fully saturated rings. The van der Waals surface area contributed by atoms with E-state index in [1.165, 1.54) is 17.7 Å². The summed E-state index contributed by atoms with van der Waals surface area (Å²) in [7, 11) is 0. The highest BCUT2D eigenvalue weighted by Gasteiger charge is 2.56. The quantitative estimate of drug-likeness (QED) is 0.595. The number of carbonyl (C=O) groups excluding carboxylic acids is 1. The monoisotopic (exact) mass is 414 g/mol. The number of fused-ring (bicyclic) bond motifs is 1. The van der Waals surface area contributed by atoms with Gasteiger partial charge in [-0.2, -0.15) is 5.26 Å². The zero-order chi connectivity index (χ0) is 20.6. The van der Waals surface area contributed by atoms with Crippen LogP contribution in [0.25, 0.3) is 10.2 Å². The molecule has 3 aromatic rings. The van der Waals surface area contributed by atoms with Crippen LogP contribution in [0.1, 0.15) is 22.0 Å². The van der Waals surface area contributed by atoms with Crippen molar-refractivity contribution < 1.29 is 24.1 Å². The van der Waals surface area contributed by atoms with Crippen molar-refractivity contribution in [1.82, 2.24) is 9.97 Å². The molecule has 0 bridgehead atoms. The fourth-order valence-corrected chi connectivity index (χ4v) is 4.20. The molecular formula is C19H15FN4O4S. The van der Waals surface area contributed by atoms with E-state index in [-0.39, 0.29) is 11.7 Å². The molecule has 1 aliphatic rings. The number of amides is 1. The van der Waals surface area contributed by atoms with Crippen molar-refractivity contribution >= 4 is 33.3 Å². The Labute approximate surface area is 168 Å². The van der Waals surface area contributed by atoms with Crippen molar-refractivity contribution in [3.63, 3.8) is 0 Å². The second-order valence-electron chi connectivity index (χ2n) is 6.50. The Balaban J connectivity index is 1.68. The molecule has 8 nitrogen and oxygen atoms in total. The second kappa shape index (κ2) is 7.46. The van der Waals surface area contributed by atoms with Gasteiger partial charge in [0.1, 0.15) is 24.6 Å². The van der Waals surface area contributed by atoms with Crippen LogP contribution in [0.2, 0.25) is 0 Å². The van der Waals surface area contributed by atoms with E-state index in [4.69, 9.17) is 4.74 Å². The van der Waals surface area contributed by atoms with Gasteiger partial charge >= 0.3 is 0 Å². The first kappa shape index (κ1) is 19.4. The summed E-state index contributed by atoms with van der Waals surface area (Å²) in [5.74, 6) is -0.108. The predicted molar refractivity (Wildman–Crippen MR) is 102 cm³/mol. The molecule has 29 heavy (non-hydrogen) atoms. The molecule has 1 aliphatic heterocycles. The number of aliphatic hydroxyl groups excluding tert-OH is 2. The summed E-state index contributed by atoms with van der Waals surface area (Å²) < 4.78 is 20.7. The molecule has 3 heterocycles. The maximum Gasteiger partial charge on any atom is 0.256 e. The van der Waals surface area contributed by atoms with Crippen LogP contribution < -0.4 is 5.32 Å². The van der Waals surface area contributed by atoms with E-state index < -0.39 is 30.6 Å². The molecule has 1 saturated heterocycles. The minimum atomic E-state index is -2.05. The Morgan fingerprint density at radius 2 is 2.14 bits per heavy atom. The number of ether oxygens (including phenoxy) is 1. The third-order valence-electron chi connectivity index (χ3n) is 4.79. The number of hydrogen-bond acceptors (Lipinski definition) is 8. The average Bonchev–Trinajstić information content (AvgIpc) is 3.29. The summed E-state index contributed by atoms with van der Waals surface area (Å²) in [6.07, 6.45) is -3.81. The zero-order valence-electron chi connectivity index (χ0n) is 14.8. The molecule has 10 heteroatoms. The number of thiophene rings is 1. The van der Waals surface area contributed by atoms with Gasteiger partial charge in [-0.25, -0.2) is 14.4 Å². The van der Waals surface area contributed by atoms with Gasteiger partial charge in [0.2, 0.25) is 5.60 Å². The van der Waals surface area contributed by atoms with Gasteiger partial charge in [-0.15, -0.1) is 11.3 Å². The van der Waals surface area contributed by atoms with E-state index in [0.717, 1.165) is 0 Å². The normalized spacial score (nSPS) is 26.3. The van der Waals surface area contributed by atoms with Crippen molar-refractivity contribution in [2.24, 2.45) is 0 Å². The summed E-state index contributed by atoms with van der Waals surface area (Å²) in [4.78, 5) is 20.7. The number of anilines is 1. The van der Waals surface area contributed by atoms with Crippen molar-refractivity contribution in [2.45, 2.75) is 24.0 Å². The number of nitrogens with one attached hydrogen (secondary N) is 1. The van der Waals surface area contributed by atoms with Gasteiger partial charge in [-0.1, -0.05) is 18.2 Å². The van der Waals surface area contributed by atoms with Crippen molar-refractivity contribution in [3.8, 4) is 6.07 Å². The van der Waals surface area contributed by atoms with Crippen LogP contribution in [0.5, 0.6) is 0 Å². The number of benzene rings is 1. The Bertz CT molecular complexity index is 1100. The molecule has 0 spiro atoms. The third kappa shape index (κ3) is 3.14. The van der Waals surface area contributed by atoms with Crippen molar-refractivity contribution in [1.29, 1.82) is 5.26 Å². The van der Waals surface area contributed by atoms with Gasteiger partial charge in [-0.3, -0.25) is 4.79 Å². The lowest BCUT2D eigenvalue weighted by Gasteiger charge is -2.20. The molecule has 2 aromatic heterocycles. The van der Waals surface area contributed by atoms with Crippen LogP contribution in [0.4, 0.5) is 10.2 Å². The molecule has 0 saturated carbocycles. The SMILES string of the molecule is N#C[C@]1(CO)O[C@@H](c2csc3c(NC(=O)c4ccccc4)ncnc23)[C@H](F)[C@@H]1O. The van der Waals surface area contributed by atoms with Crippen LogP contribution in [0.15, 0.2) is 42.0 Å². The number of alkyl halides is 1. The molecule has 3 N–H and O–H groups in total. The Morgan fingerprint density at radius 1 is 1.38 bits per heavy atom. The van der Waals surface area contributed by atoms with Crippen molar-refractivity contribution in [3.05, 3.63) is 53.2 Å². The van der Waals surface area contributed by atoms with Gasteiger partial charge in [0.05, 0.1) is 16.8 Å². The van der Waals surface area contributed by atoms with Gasteiger partial charge in [0.25, 0.3) is 5.91 Å². The van der Waals surface area contributed by atoms with Gasteiger partial charge in [0.15, 0.2) is 12.0 Å². The number of nitriles is 1. The van der Waals surface area contributed by atoms with E-state index >= 15 is 0 Å². The largest absolute Gasteiger partial charge is 0.392 e. The highest BCUT2D eigenvalue weighted by atomic mass is 32.1. The van der Waals surface area contributed by atoms with Crippen LogP contribution in [0, 0.1) is 11.3 Å². The van der Waals surface area contributed by atoms with Gasteiger partial charge in [-0.05, 0) is 17.5 Å². The zero-order valence-corrected chi connectivity index (χ0v) is 15.6. The maximum atomic E-state index is 14.7. The average molecular weight is 414 g/mol. The molecular weight excluding hydrogens is 399 g/mol. The molecule has 0 radical (unpaired) electrons. The van der Waals surface area contributed by atoms with E-state index in [0.29, 0.717) is 21.3 Å². The fraction of sp³-hybridized carbons (Fsp3) is 0.263. The van der Waals surface area contributed by atoms with Crippen LogP contribution in [-0.4, -0.2) is 50.6 Å². The second-order valence-corrected chi connectivity index (χ2v) is 7.38. The van der Waals surface area contributed by atoms with Gasteiger partial charge in [0, 0.05) is 11.1 Å². The van der Waals surface area contributed by atoms with Crippen LogP contribution in [0.3, 0.4) is 0 Å². The first-order valence-corrected chi connectivity index (χ1v) is 9.49. The number of hydrogen-bond donors (Lipinski definition) is 3. The van der Waals surface area contributed by atoms with E-state index in [9.17, 15) is 24.7 Å². The lowest BCUT2D eigenvalue weighted by molar-refractivity contribution is -0.0731.